The number of esters is 6. The Morgan fingerprint density at radius 2 is 0.676 bits per heavy atom. The highest BCUT2D eigenvalue weighted by Gasteiger charge is 2.57. The number of carbonyl (C=O) groups excluding carboxylic acids is 15. The predicted molar refractivity (Wildman–Crippen MR) is 519 cm³/mol. The number of ether oxygens (including phenoxy) is 18. The van der Waals surface area contributed by atoms with Crippen LogP contribution in [0.2, 0.25) is 51.4 Å². The van der Waals surface area contributed by atoms with Crippen LogP contribution in [0.15, 0.2) is 0 Å². The highest BCUT2D eigenvalue weighted by atomic mass is 35.6. The van der Waals surface area contributed by atoms with Crippen LogP contribution in [0, 0.1) is 82.3 Å². The molecule has 0 aromatic rings. The monoisotopic (exact) mass is 2100 g/mol. The number of hydrogen-bond donors (Lipinski definition) is 3. The molecule has 139 heavy (non-hydrogen) atoms. The molecule has 0 bridgehead atoms. The van der Waals surface area contributed by atoms with E-state index in [0.29, 0.717) is 64.1 Å². The number of rotatable bonds is 38. The summed E-state index contributed by atoms with van der Waals surface area (Å²) in [5.74, 6) is -7.04. The van der Waals surface area contributed by atoms with Crippen molar-refractivity contribution < 1.29 is 157 Å². The molecule has 0 aliphatic carbocycles. The maximum atomic E-state index is 12.6. The Bertz CT molecular complexity index is 3840. The molecule has 0 aromatic heterocycles. The van der Waals surface area contributed by atoms with Gasteiger partial charge in [0.15, 0.2) is 29.9 Å². The van der Waals surface area contributed by atoms with E-state index in [1.165, 1.54) is 41.5 Å². The minimum absolute atomic E-state index is 0.0125. The molecule has 9 unspecified atom stereocenters. The first kappa shape index (κ1) is 133. The van der Waals surface area contributed by atoms with Gasteiger partial charge >= 0.3 is 54.3 Å². The van der Waals surface area contributed by atoms with E-state index >= 15 is 0 Å². The third-order valence-electron chi connectivity index (χ3n) is 26.0. The van der Waals surface area contributed by atoms with Crippen LogP contribution in [-0.2, 0) is 157 Å². The second-order valence-corrected chi connectivity index (χ2v) is 54.3. The van der Waals surface area contributed by atoms with Crippen LogP contribution in [0.25, 0.3) is 0 Å². The van der Waals surface area contributed by atoms with Crippen LogP contribution < -0.4 is 10.6 Å². The summed E-state index contributed by atoms with van der Waals surface area (Å²) in [4.78, 5) is 154. The maximum Gasteiger partial charge on any atom is 0.373 e. The van der Waals surface area contributed by atoms with Crippen molar-refractivity contribution in [2.24, 2.45) is 76.9 Å². The molecule has 0 spiro atoms. The van der Waals surface area contributed by atoms with E-state index < -0.39 is 117 Å². The molecule has 42 heteroatoms. The van der Waals surface area contributed by atoms with Crippen molar-refractivity contribution >= 4 is 140 Å². The normalized spacial score (nSPS) is 32.2. The Labute approximate surface area is 846 Å². The highest BCUT2D eigenvalue weighted by molar-refractivity contribution is 6.77. The molecule has 3 N–H and O–H groups in total. The van der Waals surface area contributed by atoms with Crippen LogP contribution in [0.1, 0.15) is 252 Å². The van der Waals surface area contributed by atoms with Gasteiger partial charge in [0.1, 0.15) is 44.2 Å². The first-order valence-electron chi connectivity index (χ1n) is 48.5. The topological polar surface area (TPSA) is 470 Å². The van der Waals surface area contributed by atoms with Gasteiger partial charge in [-0.2, -0.15) is 28.8 Å². The molecule has 0 saturated carbocycles. The molecule has 6 aliphatic heterocycles. The smallest absolute Gasteiger partial charge is 0.373 e. The summed E-state index contributed by atoms with van der Waals surface area (Å²) in [6, 6.07) is 1.40. The van der Waals surface area contributed by atoms with Crippen molar-refractivity contribution in [3.8, 4) is 0 Å². The lowest BCUT2D eigenvalue weighted by molar-refractivity contribution is -0.356. The summed E-state index contributed by atoms with van der Waals surface area (Å²) in [6.45, 7) is 67.3. The summed E-state index contributed by atoms with van der Waals surface area (Å²) >= 11 is 22.4. The van der Waals surface area contributed by atoms with Crippen molar-refractivity contribution in [1.82, 2.24) is 10.6 Å². The van der Waals surface area contributed by atoms with Crippen LogP contribution in [-0.4, -0.2) is 252 Å². The maximum absolute atomic E-state index is 12.6. The molecule has 6 rings (SSSR count). The Morgan fingerprint density at radius 3 is 0.921 bits per heavy atom. The Kier molecular flexibility index (Phi) is 60.9. The zero-order chi connectivity index (χ0) is 108. The van der Waals surface area contributed by atoms with Crippen LogP contribution in [0.5, 0.6) is 0 Å². The van der Waals surface area contributed by atoms with Gasteiger partial charge in [0.25, 0.3) is 3.79 Å². The van der Waals surface area contributed by atoms with E-state index in [2.05, 4.69) is 98.4 Å². The third-order valence-corrected chi connectivity index (χ3v) is 30.2. The molecule has 36 nitrogen and oxygen atoms in total. The number of nitrogens with one attached hydrogen (secondary N) is 3. The summed E-state index contributed by atoms with van der Waals surface area (Å²) in [5.41, 5.74) is 0. The molecule has 6 saturated heterocycles. The molecule has 2 amide bonds. The molecule has 0 radical (unpaired) electrons. The van der Waals surface area contributed by atoms with E-state index in [1.54, 1.807) is 13.8 Å². The molecule has 804 valence electrons. The van der Waals surface area contributed by atoms with Gasteiger partial charge in [0.05, 0.1) is 60.9 Å². The predicted octanol–water partition coefficient (Wildman–Crippen LogP) is 16.1. The van der Waals surface area contributed by atoms with Crippen molar-refractivity contribution in [3.05, 3.63) is 0 Å². The molecular weight excluding hydrogens is 1930 g/mol. The third kappa shape index (κ3) is 47.1. The van der Waals surface area contributed by atoms with E-state index in [0.717, 1.165) is 24.9 Å². The summed E-state index contributed by atoms with van der Waals surface area (Å²) < 4.78 is 109. The van der Waals surface area contributed by atoms with Crippen molar-refractivity contribution in [3.63, 3.8) is 0 Å². The second-order valence-electron chi connectivity index (χ2n) is 40.4. The molecule has 6 fully saturated rings. The van der Waals surface area contributed by atoms with E-state index in [9.17, 15) is 43.2 Å². The average molecular weight is 2100 g/mol. The first-order chi connectivity index (χ1) is 64.2. The number of amides is 2. The number of halogens is 4. The van der Waals surface area contributed by atoms with Crippen molar-refractivity contribution in [1.29, 1.82) is 5.41 Å². The molecule has 6 heterocycles. The molecule has 0 aromatic carbocycles. The Balaban J connectivity index is 0.00000192. The van der Waals surface area contributed by atoms with Gasteiger partial charge in [-0.05, 0) is 87.4 Å². The number of hydrogen-bond acceptors (Lipinski definition) is 34. The summed E-state index contributed by atoms with van der Waals surface area (Å²) in [6.07, 6.45) is -1.33. The van der Waals surface area contributed by atoms with E-state index in [-0.39, 0.29) is 193 Å². The van der Waals surface area contributed by atoms with Gasteiger partial charge in [0.2, 0.25) is 29.2 Å². The fraction of sp³-hybridized carbons (Fsp3) is 0.866. The Morgan fingerprint density at radius 1 is 0.417 bits per heavy atom. The van der Waals surface area contributed by atoms with Gasteiger partial charge in [-0.1, -0.05) is 206 Å². The zero-order valence-electron chi connectivity index (χ0n) is 88.6. The zero-order valence-corrected chi connectivity index (χ0v) is 93.6. The number of carbonyl (C=O) groups is 9. The Hall–Kier alpha value is -5.81. The van der Waals surface area contributed by atoms with Gasteiger partial charge in [-0.15, -0.1) is 0 Å². The van der Waals surface area contributed by atoms with Gasteiger partial charge in [-0.3, -0.25) is 48.6 Å². The quantitative estimate of drug-likeness (QED) is 0.00983. The number of alkyl halides is 3. The highest BCUT2D eigenvalue weighted by Crippen LogP contribution is 2.49. The minimum atomic E-state index is -2.11. The van der Waals surface area contributed by atoms with Crippen molar-refractivity contribution in [2.45, 2.75) is 428 Å². The van der Waals surface area contributed by atoms with E-state index in [4.69, 9.17) is 166 Å². The average Bonchev–Trinajstić information content (AvgIpc) is 0.775. The SMILES string of the molecule is CCC(=O)Cl.CCC(=O)N[C@H]1C([C@H](C)[C@@H](CC)OC(C)=O)O[C@](C)(OC2[C@@H](C)C(COC(C)=O)O[C@@H](OC(=N)C(Cl)(Cl)Cl)[C@H]2C)C[C@H]1C.CCC(=O)N[C@H]1C([C@H](C)[C@@H](CC)OC(C)=O)O[C@](C)(OC2[C@@H](C)C(COC(C)=O)O[C@@H](OCC[Si](C)(C)C)[C@H]2C)C[C@H]1C.CC[C@@H](OC(C)=O)[C@@H](C)C1O[C@](C)(OC2[C@@H](C)C(COC(C)=O)O[C@@H](OCC[Si](C)(C)C)[C@H]2C)C[C@@H](C)[C@H]1C.O=C=O.O=C=O.O=C=O. The molecule has 6 aliphatic rings. The van der Waals surface area contributed by atoms with Crippen LogP contribution in [0.3, 0.4) is 0 Å². The fourth-order valence-corrected chi connectivity index (χ4v) is 19.8. The van der Waals surface area contributed by atoms with Gasteiger partial charge < -0.3 is 95.9 Å². The molecular formula is C97H167Cl4N3O33Si2. The van der Waals surface area contributed by atoms with Crippen LogP contribution >= 0.6 is 46.4 Å². The molecule has 33 atom stereocenters. The van der Waals surface area contributed by atoms with Gasteiger partial charge in [0, 0.05) is 163 Å². The standard InChI is InChI=1S/C32H59NO9Si.C30H56O8Si.C29H47Cl3N2O9.C3H5ClO.3CO2/c1-13-25(39-24(8)35)20(4)30-28(33-27(36)14-2)19(3)17-32(9,42-30)41-29-21(5)26(18-38-23(7)34)40-31(22(29)6)37-15-16-43(10,11)12;1-13-25(35-24(8)32)20(4)27-19(3)18(2)16-30(9,37-27)38-28-21(5)26(17-34-23(7)31)36-29(22(28)6)33-14-15-39(10,11)12;1-10-20(39-19(8)36)15(4)25-23(34-22(37)11-2)14(3)12-28(9,43-25)42-24-16(5)21(13-38-18(7)35)40-26(17(24)6)41-27(33)29(30,31)32;1-2-3(4)5;3*2-1-3/h19-22,25-26,28-31H,13-18H2,1-12H3,(H,33,36);18-22,25-29H,13-17H2,1-12H3;14-17,20-21,23-26,33H,10-13H2,1-9H3,(H,34,37);2H2,1H3;;;/t19-,20-,21+,22+,25-,26?,28-,29?,30?,31-,32+;18-,19-,20-,21+,22+,25-,26?,27?,28?,29-,30-;14-,15-,16+,17+,20-,21?,23-,24?,25?,26+,28+;;;;/m111..../s1. The lowest BCUT2D eigenvalue weighted by Crippen LogP contribution is -2.63. The van der Waals surface area contributed by atoms with Crippen molar-refractivity contribution in [2.75, 3.05) is 33.0 Å². The lowest BCUT2D eigenvalue weighted by atomic mass is 9.76. The first-order valence-corrected chi connectivity index (χ1v) is 57.4. The summed E-state index contributed by atoms with van der Waals surface area (Å²) in [5, 5.41) is 14.1. The lowest BCUT2D eigenvalue weighted by Gasteiger charge is -2.52. The second kappa shape index (κ2) is 63.6. The largest absolute Gasteiger partial charge is 0.463 e. The van der Waals surface area contributed by atoms with Crippen LogP contribution in [0.4, 0.5) is 0 Å². The van der Waals surface area contributed by atoms with E-state index in [1.807, 2.05) is 90.0 Å². The van der Waals surface area contributed by atoms with Gasteiger partial charge in [-0.25, -0.2) is 0 Å². The summed E-state index contributed by atoms with van der Waals surface area (Å²) in [7, 11) is -2.60. The minimum Gasteiger partial charge on any atom is -0.463 e. The fourth-order valence-electron chi connectivity index (χ4n) is 18.2.